The molecule has 1 aliphatic rings. The number of aromatic nitrogens is 2. The molecule has 1 aliphatic heterocycles. The predicted molar refractivity (Wildman–Crippen MR) is 144 cm³/mol. The van der Waals surface area contributed by atoms with E-state index in [9.17, 15) is 31.9 Å². The van der Waals surface area contributed by atoms with E-state index in [1.807, 2.05) is 0 Å². The van der Waals surface area contributed by atoms with Crippen molar-refractivity contribution in [2.75, 3.05) is 18.1 Å². The second-order valence-corrected chi connectivity index (χ2v) is 13.4. The molecule has 0 unspecified atom stereocenters. The molecule has 2 heterocycles. The fourth-order valence-corrected chi connectivity index (χ4v) is 6.43. The SMILES string of the molecule is C[C@@H](n1c(=O)n(-c2cc(OCC(F)F)ccc2F)c2cc(F)c(C(=O)NC3(C)CCS(=O)(=O)CC3)cc21)C(C)(C)O. The van der Waals surface area contributed by atoms with Gasteiger partial charge in [-0.25, -0.2) is 30.8 Å². The maximum Gasteiger partial charge on any atom is 0.334 e. The van der Waals surface area contributed by atoms with Crippen LogP contribution < -0.4 is 15.7 Å². The van der Waals surface area contributed by atoms with Crippen LogP contribution in [0.5, 0.6) is 5.75 Å². The zero-order chi connectivity index (χ0) is 30.5. The molecular weight excluding hydrogens is 570 g/mol. The number of benzene rings is 2. The molecule has 1 atom stereocenters. The topological polar surface area (TPSA) is 120 Å². The van der Waals surface area contributed by atoms with Gasteiger partial charge < -0.3 is 15.2 Å². The smallest absolute Gasteiger partial charge is 0.334 e. The summed E-state index contributed by atoms with van der Waals surface area (Å²) in [6.45, 7) is 5.06. The summed E-state index contributed by atoms with van der Waals surface area (Å²) in [6.07, 6.45) is -2.55. The van der Waals surface area contributed by atoms with E-state index >= 15 is 8.78 Å². The van der Waals surface area contributed by atoms with Gasteiger partial charge >= 0.3 is 5.69 Å². The molecule has 9 nitrogen and oxygen atoms in total. The number of nitrogens with one attached hydrogen (secondary N) is 1. The maximum atomic E-state index is 15.5. The lowest BCUT2D eigenvalue weighted by Crippen LogP contribution is -2.51. The van der Waals surface area contributed by atoms with Gasteiger partial charge in [0.1, 0.15) is 33.8 Å². The van der Waals surface area contributed by atoms with Crippen molar-refractivity contribution in [1.82, 2.24) is 14.5 Å². The van der Waals surface area contributed by atoms with Gasteiger partial charge in [-0.1, -0.05) is 0 Å². The number of halogens is 4. The molecule has 1 saturated heterocycles. The Hall–Kier alpha value is -3.39. The van der Waals surface area contributed by atoms with E-state index in [4.69, 9.17) is 4.74 Å². The second kappa shape index (κ2) is 10.8. The standard InChI is InChI=1S/C27H31F4N3O6S/c1-15(26(2,3)37)33-21-12-17(24(35)32-27(4)7-9-41(38,39)10-8-27)19(29)13-22(21)34(25(33)36)20-11-16(5-6-18(20)28)40-14-23(30)31/h5-6,11-13,15,23,37H,7-10,14H2,1-4H3,(H,32,35)/t15-/m1/s1. The van der Waals surface area contributed by atoms with E-state index in [1.165, 1.54) is 20.8 Å². The first-order valence-electron chi connectivity index (χ1n) is 12.9. The lowest BCUT2D eigenvalue weighted by Gasteiger charge is -2.34. The van der Waals surface area contributed by atoms with Crippen LogP contribution in [-0.2, 0) is 9.84 Å². The minimum atomic E-state index is -3.23. The Morgan fingerprint density at radius 2 is 1.76 bits per heavy atom. The fraction of sp³-hybridized carbons (Fsp3) is 0.481. The first kappa shape index (κ1) is 30.6. The Balaban J connectivity index is 1.87. The third-order valence-corrected chi connectivity index (χ3v) is 9.15. The van der Waals surface area contributed by atoms with Crippen LogP contribution in [0.3, 0.4) is 0 Å². The Morgan fingerprint density at radius 3 is 2.34 bits per heavy atom. The molecule has 0 spiro atoms. The number of imidazole rings is 1. The summed E-state index contributed by atoms with van der Waals surface area (Å²) >= 11 is 0. The lowest BCUT2D eigenvalue weighted by atomic mass is 9.94. The van der Waals surface area contributed by atoms with E-state index < -0.39 is 74.5 Å². The molecule has 0 saturated carbocycles. The number of carbonyl (C=O) groups excluding carboxylic acids is 1. The van der Waals surface area contributed by atoms with E-state index in [-0.39, 0.29) is 41.1 Å². The van der Waals surface area contributed by atoms with Crippen molar-refractivity contribution in [3.8, 4) is 11.4 Å². The molecule has 0 aliphatic carbocycles. The molecule has 1 fully saturated rings. The number of amides is 1. The molecule has 14 heteroatoms. The van der Waals surface area contributed by atoms with Crippen LogP contribution in [0.4, 0.5) is 17.6 Å². The third kappa shape index (κ3) is 6.27. The average molecular weight is 602 g/mol. The number of rotatable bonds is 8. The number of hydrogen-bond donors (Lipinski definition) is 2. The first-order chi connectivity index (χ1) is 18.9. The maximum absolute atomic E-state index is 15.5. The summed E-state index contributed by atoms with van der Waals surface area (Å²) in [7, 11) is -3.23. The number of fused-ring (bicyclic) bond motifs is 1. The van der Waals surface area contributed by atoms with Gasteiger partial charge in [0.2, 0.25) is 0 Å². The summed E-state index contributed by atoms with van der Waals surface area (Å²) < 4.78 is 86.5. The number of sulfone groups is 1. The molecule has 224 valence electrons. The van der Waals surface area contributed by atoms with Gasteiger partial charge in [-0.15, -0.1) is 0 Å². The minimum absolute atomic E-state index is 0.00847. The van der Waals surface area contributed by atoms with Crippen LogP contribution >= 0.6 is 0 Å². The van der Waals surface area contributed by atoms with E-state index in [0.717, 1.165) is 39.5 Å². The Labute approximate surface area is 233 Å². The second-order valence-electron chi connectivity index (χ2n) is 11.1. The van der Waals surface area contributed by atoms with Crippen molar-refractivity contribution in [2.45, 2.75) is 64.1 Å². The number of hydrogen-bond acceptors (Lipinski definition) is 6. The van der Waals surface area contributed by atoms with E-state index in [1.54, 1.807) is 6.92 Å². The van der Waals surface area contributed by atoms with E-state index in [0.29, 0.717) is 0 Å². The van der Waals surface area contributed by atoms with Crippen LogP contribution in [0.1, 0.15) is 56.9 Å². The van der Waals surface area contributed by atoms with Crippen LogP contribution in [0.2, 0.25) is 0 Å². The highest BCUT2D eigenvalue weighted by atomic mass is 32.2. The predicted octanol–water partition coefficient (Wildman–Crippen LogP) is 3.74. The van der Waals surface area contributed by atoms with E-state index in [2.05, 4.69) is 5.32 Å². The number of aliphatic hydroxyl groups is 1. The number of ether oxygens (including phenoxy) is 1. The van der Waals surface area contributed by atoms with Gasteiger partial charge in [-0.05, 0) is 58.7 Å². The zero-order valence-electron chi connectivity index (χ0n) is 22.9. The third-order valence-electron chi connectivity index (χ3n) is 7.50. The summed E-state index contributed by atoms with van der Waals surface area (Å²) in [5, 5.41) is 13.4. The molecule has 0 radical (unpaired) electrons. The van der Waals surface area contributed by atoms with Gasteiger partial charge in [0.05, 0.1) is 45.4 Å². The Bertz CT molecular complexity index is 1650. The summed E-state index contributed by atoms with van der Waals surface area (Å²) in [5.74, 6) is -3.26. The van der Waals surface area contributed by atoms with Crippen LogP contribution in [0, 0.1) is 11.6 Å². The summed E-state index contributed by atoms with van der Waals surface area (Å²) in [4.78, 5) is 27.0. The largest absolute Gasteiger partial charge is 0.488 e. The van der Waals surface area contributed by atoms with Crippen molar-refractivity contribution < 1.29 is 40.6 Å². The zero-order valence-corrected chi connectivity index (χ0v) is 23.7. The lowest BCUT2D eigenvalue weighted by molar-refractivity contribution is 0.0307. The van der Waals surface area contributed by atoms with Crippen LogP contribution in [-0.4, -0.2) is 64.2 Å². The van der Waals surface area contributed by atoms with Crippen LogP contribution in [0.25, 0.3) is 16.7 Å². The average Bonchev–Trinajstić information content (AvgIpc) is 3.14. The minimum Gasteiger partial charge on any atom is -0.488 e. The normalized spacial score (nSPS) is 17.5. The Kier molecular flexibility index (Phi) is 8.04. The monoisotopic (exact) mass is 601 g/mol. The van der Waals surface area contributed by atoms with Crippen LogP contribution in [0.15, 0.2) is 35.1 Å². The summed E-state index contributed by atoms with van der Waals surface area (Å²) in [5.41, 5.74) is -4.33. The highest BCUT2D eigenvalue weighted by molar-refractivity contribution is 7.91. The van der Waals surface area contributed by atoms with Gasteiger partial charge in [-0.2, -0.15) is 0 Å². The van der Waals surface area contributed by atoms with Crippen molar-refractivity contribution >= 4 is 26.8 Å². The highest BCUT2D eigenvalue weighted by Gasteiger charge is 2.36. The quantitative estimate of drug-likeness (QED) is 0.380. The molecule has 1 amide bonds. The van der Waals surface area contributed by atoms with Crippen molar-refractivity contribution in [3.05, 3.63) is 58.0 Å². The van der Waals surface area contributed by atoms with Gasteiger partial charge in [0.15, 0.2) is 0 Å². The number of alkyl halides is 2. The molecule has 3 aromatic rings. The molecular formula is C27H31F4N3O6S. The molecule has 0 bridgehead atoms. The molecule has 2 aromatic carbocycles. The van der Waals surface area contributed by atoms with Crippen molar-refractivity contribution in [1.29, 1.82) is 0 Å². The molecule has 2 N–H and O–H groups in total. The van der Waals surface area contributed by atoms with Gasteiger partial charge in [0, 0.05) is 17.7 Å². The van der Waals surface area contributed by atoms with Gasteiger partial charge in [0.25, 0.3) is 12.3 Å². The number of nitrogens with zero attached hydrogens (tertiary/aromatic N) is 2. The van der Waals surface area contributed by atoms with Gasteiger partial charge in [-0.3, -0.25) is 13.9 Å². The molecule has 1 aromatic heterocycles. The first-order valence-corrected chi connectivity index (χ1v) is 14.7. The van der Waals surface area contributed by atoms with Crippen molar-refractivity contribution in [2.24, 2.45) is 0 Å². The highest BCUT2D eigenvalue weighted by Crippen LogP contribution is 2.31. The van der Waals surface area contributed by atoms with Crippen molar-refractivity contribution in [3.63, 3.8) is 0 Å². The Morgan fingerprint density at radius 1 is 1.12 bits per heavy atom. The number of carbonyl (C=O) groups is 1. The molecule has 4 rings (SSSR count). The molecule has 41 heavy (non-hydrogen) atoms. The summed E-state index contributed by atoms with van der Waals surface area (Å²) in [6, 6.07) is 4.06. The fourth-order valence-electron chi connectivity index (χ4n) is 4.70.